The summed E-state index contributed by atoms with van der Waals surface area (Å²) in [6.45, 7) is 7.78. The van der Waals surface area contributed by atoms with Crippen LogP contribution in [0.1, 0.15) is 19.4 Å². The Labute approximate surface area is 126 Å². The van der Waals surface area contributed by atoms with Crippen molar-refractivity contribution in [2.75, 3.05) is 18.4 Å². The molecule has 116 valence electrons. The highest BCUT2D eigenvalue weighted by molar-refractivity contribution is 6.30. The van der Waals surface area contributed by atoms with Crippen LogP contribution in [-0.2, 0) is 6.18 Å². The zero-order valence-corrected chi connectivity index (χ0v) is 12.5. The van der Waals surface area contributed by atoms with Gasteiger partial charge in [-0.25, -0.2) is 4.79 Å². The Kier molecular flexibility index (Phi) is 5.66. The fraction of sp³-hybridized carbons (Fsp3) is 0.357. The number of benzene rings is 1. The molecule has 0 aromatic heterocycles. The van der Waals surface area contributed by atoms with Crippen molar-refractivity contribution in [3.05, 3.63) is 40.9 Å². The molecular weight excluding hydrogens is 305 g/mol. The lowest BCUT2D eigenvalue weighted by Gasteiger charge is -2.22. The molecular formula is C14H16ClF3N2O. The quantitative estimate of drug-likeness (QED) is 0.795. The number of hydrogen-bond acceptors (Lipinski definition) is 1. The lowest BCUT2D eigenvalue weighted by atomic mass is 10.1. The smallest absolute Gasteiger partial charge is 0.321 e. The largest absolute Gasteiger partial charge is 0.418 e. The van der Waals surface area contributed by atoms with E-state index in [1.807, 2.05) is 0 Å². The second-order valence-electron chi connectivity index (χ2n) is 4.59. The fourth-order valence-corrected chi connectivity index (χ4v) is 1.88. The number of likely N-dealkylation sites (N-methyl/N-ethyl adjacent to an activating group) is 1. The molecule has 0 saturated heterocycles. The summed E-state index contributed by atoms with van der Waals surface area (Å²) in [5.41, 5.74) is -0.564. The Balaban J connectivity index is 3.02. The monoisotopic (exact) mass is 320 g/mol. The van der Waals surface area contributed by atoms with E-state index in [-0.39, 0.29) is 17.3 Å². The minimum Gasteiger partial charge on any atom is -0.321 e. The molecule has 1 rings (SSSR count). The highest BCUT2D eigenvalue weighted by Gasteiger charge is 2.34. The van der Waals surface area contributed by atoms with Gasteiger partial charge in [-0.15, -0.1) is 0 Å². The molecule has 0 unspecified atom stereocenters. The van der Waals surface area contributed by atoms with Crippen molar-refractivity contribution < 1.29 is 18.0 Å². The van der Waals surface area contributed by atoms with E-state index in [1.165, 1.54) is 11.0 Å². The Morgan fingerprint density at radius 3 is 2.52 bits per heavy atom. The van der Waals surface area contributed by atoms with Crippen molar-refractivity contribution >= 4 is 23.3 Å². The van der Waals surface area contributed by atoms with Gasteiger partial charge in [0.2, 0.25) is 0 Å². The summed E-state index contributed by atoms with van der Waals surface area (Å²) in [5, 5.41) is 2.22. The summed E-state index contributed by atoms with van der Waals surface area (Å²) < 4.78 is 38.8. The van der Waals surface area contributed by atoms with Crippen molar-refractivity contribution in [1.82, 2.24) is 4.90 Å². The molecule has 0 heterocycles. The van der Waals surface area contributed by atoms with E-state index in [0.717, 1.165) is 17.7 Å². The van der Waals surface area contributed by atoms with Gasteiger partial charge in [0, 0.05) is 18.1 Å². The van der Waals surface area contributed by atoms with Crippen LogP contribution in [0.4, 0.5) is 23.7 Å². The van der Waals surface area contributed by atoms with Crippen molar-refractivity contribution in [3.8, 4) is 0 Å². The van der Waals surface area contributed by atoms with Crippen LogP contribution < -0.4 is 5.32 Å². The van der Waals surface area contributed by atoms with Crippen LogP contribution in [0.25, 0.3) is 0 Å². The molecule has 0 fully saturated rings. The molecule has 1 N–H and O–H groups in total. The highest BCUT2D eigenvalue weighted by Crippen LogP contribution is 2.36. The predicted octanol–water partition coefficient (Wildman–Crippen LogP) is 4.79. The average molecular weight is 321 g/mol. The second-order valence-corrected chi connectivity index (χ2v) is 5.03. The summed E-state index contributed by atoms with van der Waals surface area (Å²) in [6, 6.07) is 2.60. The number of nitrogens with one attached hydrogen (secondary N) is 1. The summed E-state index contributed by atoms with van der Waals surface area (Å²) >= 11 is 5.58. The molecule has 2 amide bonds. The third-order valence-electron chi connectivity index (χ3n) is 2.66. The van der Waals surface area contributed by atoms with Crippen LogP contribution in [0.5, 0.6) is 0 Å². The molecule has 0 spiro atoms. The van der Waals surface area contributed by atoms with Gasteiger partial charge in [-0.2, -0.15) is 13.2 Å². The van der Waals surface area contributed by atoms with Crippen molar-refractivity contribution in [1.29, 1.82) is 0 Å². The molecule has 0 bridgehead atoms. The van der Waals surface area contributed by atoms with Gasteiger partial charge in [-0.1, -0.05) is 23.8 Å². The summed E-state index contributed by atoms with van der Waals surface area (Å²) in [4.78, 5) is 13.4. The number of carbonyl (C=O) groups is 1. The van der Waals surface area contributed by atoms with E-state index < -0.39 is 17.8 Å². The van der Waals surface area contributed by atoms with E-state index in [2.05, 4.69) is 11.9 Å². The minimum absolute atomic E-state index is 0.0467. The SMILES string of the molecule is C=C(C)CN(CC)C(=O)Nc1ccc(Cl)cc1C(F)(F)F. The van der Waals surface area contributed by atoms with E-state index in [4.69, 9.17) is 11.6 Å². The van der Waals surface area contributed by atoms with E-state index in [1.54, 1.807) is 13.8 Å². The molecule has 0 atom stereocenters. The Morgan fingerprint density at radius 1 is 1.43 bits per heavy atom. The molecule has 1 aromatic carbocycles. The lowest BCUT2D eigenvalue weighted by molar-refractivity contribution is -0.136. The zero-order valence-electron chi connectivity index (χ0n) is 11.7. The van der Waals surface area contributed by atoms with Crippen molar-refractivity contribution in [2.45, 2.75) is 20.0 Å². The number of amides is 2. The number of halogens is 4. The van der Waals surface area contributed by atoms with Gasteiger partial charge in [0.15, 0.2) is 0 Å². The van der Waals surface area contributed by atoms with E-state index in [9.17, 15) is 18.0 Å². The van der Waals surface area contributed by atoms with Gasteiger partial charge in [0.25, 0.3) is 0 Å². The highest BCUT2D eigenvalue weighted by atomic mass is 35.5. The summed E-state index contributed by atoms with van der Waals surface area (Å²) in [7, 11) is 0. The zero-order chi connectivity index (χ0) is 16.2. The first kappa shape index (κ1) is 17.4. The standard InChI is InChI=1S/C14H16ClF3N2O/c1-4-20(8-9(2)3)13(21)19-12-6-5-10(15)7-11(12)14(16,17)18/h5-7H,2,4,8H2,1,3H3,(H,19,21). The Hall–Kier alpha value is -1.69. The third kappa shape index (κ3) is 4.97. The summed E-state index contributed by atoms with van der Waals surface area (Å²) in [5.74, 6) is 0. The number of nitrogens with zero attached hydrogens (tertiary/aromatic N) is 1. The van der Waals surface area contributed by atoms with Crippen LogP contribution in [-0.4, -0.2) is 24.0 Å². The van der Waals surface area contributed by atoms with Gasteiger partial charge in [0.05, 0.1) is 11.3 Å². The van der Waals surface area contributed by atoms with Crippen LogP contribution in [0.15, 0.2) is 30.4 Å². The predicted molar refractivity (Wildman–Crippen MR) is 77.5 cm³/mol. The molecule has 0 aliphatic heterocycles. The second kappa shape index (κ2) is 6.85. The number of urea groups is 1. The topological polar surface area (TPSA) is 32.3 Å². The number of alkyl halides is 3. The molecule has 0 aliphatic carbocycles. The molecule has 7 heteroatoms. The maximum absolute atomic E-state index is 12.9. The molecule has 3 nitrogen and oxygen atoms in total. The van der Waals surface area contributed by atoms with Crippen LogP contribution in [0.2, 0.25) is 5.02 Å². The van der Waals surface area contributed by atoms with Crippen molar-refractivity contribution in [2.24, 2.45) is 0 Å². The molecule has 21 heavy (non-hydrogen) atoms. The van der Waals surface area contributed by atoms with Gasteiger partial charge in [-0.05, 0) is 32.0 Å². The van der Waals surface area contributed by atoms with E-state index >= 15 is 0 Å². The first-order valence-corrected chi connectivity index (χ1v) is 6.60. The van der Waals surface area contributed by atoms with Gasteiger partial charge < -0.3 is 10.2 Å². The Bertz CT molecular complexity index is 544. The van der Waals surface area contributed by atoms with Crippen molar-refractivity contribution in [3.63, 3.8) is 0 Å². The molecule has 0 aliphatic rings. The van der Waals surface area contributed by atoms with E-state index in [0.29, 0.717) is 6.54 Å². The maximum Gasteiger partial charge on any atom is 0.418 e. The number of carbonyl (C=O) groups excluding carboxylic acids is 1. The van der Waals surface area contributed by atoms with Gasteiger partial charge >= 0.3 is 12.2 Å². The average Bonchev–Trinajstić information content (AvgIpc) is 2.36. The normalized spacial score (nSPS) is 11.1. The lowest BCUT2D eigenvalue weighted by Crippen LogP contribution is -2.36. The number of anilines is 1. The molecule has 1 aromatic rings. The number of rotatable bonds is 4. The number of hydrogen-bond donors (Lipinski definition) is 1. The van der Waals surface area contributed by atoms with Crippen LogP contribution in [0, 0.1) is 0 Å². The third-order valence-corrected chi connectivity index (χ3v) is 2.89. The first-order valence-electron chi connectivity index (χ1n) is 6.22. The minimum atomic E-state index is -4.60. The first-order chi connectivity index (χ1) is 9.65. The van der Waals surface area contributed by atoms with Gasteiger partial charge in [-0.3, -0.25) is 0 Å². The van der Waals surface area contributed by atoms with Gasteiger partial charge in [0.1, 0.15) is 0 Å². The van der Waals surface area contributed by atoms with Crippen LogP contribution in [0.3, 0.4) is 0 Å². The van der Waals surface area contributed by atoms with Crippen LogP contribution >= 0.6 is 11.6 Å². The Morgan fingerprint density at radius 2 is 2.05 bits per heavy atom. The molecule has 0 radical (unpaired) electrons. The molecule has 0 saturated carbocycles. The fourth-order valence-electron chi connectivity index (χ4n) is 1.71. The summed E-state index contributed by atoms with van der Waals surface area (Å²) in [6.07, 6.45) is -4.60. The maximum atomic E-state index is 12.9.